The Bertz CT molecular complexity index is 2280. The van der Waals surface area contributed by atoms with Crippen LogP contribution in [0.15, 0.2) is 84.9 Å². The number of ether oxygens (including phenoxy) is 4. The average molecular weight is 687 g/mol. The molecule has 7 rings (SSSR count). The van der Waals surface area contributed by atoms with Gasteiger partial charge in [-0.2, -0.15) is 5.10 Å². The SMILES string of the molecule is CCOC(=O)[C@@H](OC(C)(C)C)c1c(C)nc2cc3nn2c1-c1ccc(C)c(c1)OCc1cccc(n1)COc1cc(F)ccc1-c1cccc-3c1. The Morgan fingerprint density at radius 3 is 2.33 bits per heavy atom. The fourth-order valence-electron chi connectivity index (χ4n) is 6.26. The lowest BCUT2D eigenvalue weighted by atomic mass is 9.97. The summed E-state index contributed by atoms with van der Waals surface area (Å²) in [7, 11) is 0. The third-order valence-electron chi connectivity index (χ3n) is 8.55. The molecule has 0 amide bonds. The lowest BCUT2D eigenvalue weighted by Gasteiger charge is -2.28. The number of carbonyl (C=O) groups excluding carboxylic acids is 1. The van der Waals surface area contributed by atoms with Gasteiger partial charge in [-0.3, -0.25) is 4.98 Å². The summed E-state index contributed by atoms with van der Waals surface area (Å²) in [6.45, 7) is 11.8. The smallest absolute Gasteiger partial charge is 0.340 e. The van der Waals surface area contributed by atoms with Gasteiger partial charge in [0, 0.05) is 40.1 Å². The van der Waals surface area contributed by atoms with Crippen molar-refractivity contribution in [3.05, 3.63) is 119 Å². The van der Waals surface area contributed by atoms with Crippen LogP contribution in [0.3, 0.4) is 0 Å². The summed E-state index contributed by atoms with van der Waals surface area (Å²) < 4.78 is 40.9. The number of nitrogens with zero attached hydrogens (tertiary/aromatic N) is 4. The van der Waals surface area contributed by atoms with E-state index in [1.54, 1.807) is 17.5 Å². The molecule has 3 aromatic carbocycles. The van der Waals surface area contributed by atoms with Crippen molar-refractivity contribution in [2.45, 2.75) is 66.5 Å². The molecule has 1 aliphatic heterocycles. The zero-order valence-electron chi connectivity index (χ0n) is 29.5. The summed E-state index contributed by atoms with van der Waals surface area (Å²) in [6, 6.07) is 25.8. The van der Waals surface area contributed by atoms with Crippen molar-refractivity contribution in [2.75, 3.05) is 6.61 Å². The largest absolute Gasteiger partial charge is 0.487 e. The number of esters is 1. The van der Waals surface area contributed by atoms with Crippen LogP contribution in [0, 0.1) is 19.7 Å². The van der Waals surface area contributed by atoms with Crippen molar-refractivity contribution in [1.29, 1.82) is 0 Å². The second-order valence-corrected chi connectivity index (χ2v) is 13.5. The van der Waals surface area contributed by atoms with Crippen LogP contribution in [0.4, 0.5) is 4.39 Å². The van der Waals surface area contributed by atoms with Gasteiger partial charge in [-0.1, -0.05) is 36.4 Å². The van der Waals surface area contributed by atoms with E-state index in [4.69, 9.17) is 34.0 Å². The summed E-state index contributed by atoms with van der Waals surface area (Å²) in [5.74, 6) is 0.104. The minimum atomic E-state index is -1.09. The molecule has 1 aliphatic rings. The van der Waals surface area contributed by atoms with Gasteiger partial charge < -0.3 is 18.9 Å². The molecule has 0 N–H and O–H groups in total. The van der Waals surface area contributed by atoms with Crippen LogP contribution in [0.25, 0.3) is 39.3 Å². The molecule has 0 saturated heterocycles. The van der Waals surface area contributed by atoms with Crippen molar-refractivity contribution in [3.8, 4) is 45.1 Å². The van der Waals surface area contributed by atoms with E-state index in [1.807, 2.05) is 101 Å². The van der Waals surface area contributed by atoms with E-state index >= 15 is 0 Å². The van der Waals surface area contributed by atoms with Crippen molar-refractivity contribution in [1.82, 2.24) is 19.6 Å². The Morgan fingerprint density at radius 2 is 1.59 bits per heavy atom. The number of halogens is 1. The maximum absolute atomic E-state index is 14.6. The molecule has 0 aliphatic carbocycles. The molecule has 0 saturated carbocycles. The summed E-state index contributed by atoms with van der Waals surface area (Å²) in [5, 5.41) is 5.10. The first-order valence-corrected chi connectivity index (χ1v) is 16.9. The van der Waals surface area contributed by atoms with E-state index in [2.05, 4.69) is 0 Å². The molecule has 51 heavy (non-hydrogen) atoms. The second kappa shape index (κ2) is 13.6. The Labute approximate surface area is 296 Å². The predicted molar refractivity (Wildman–Crippen MR) is 192 cm³/mol. The maximum Gasteiger partial charge on any atom is 0.340 e. The van der Waals surface area contributed by atoms with Crippen molar-refractivity contribution in [3.63, 3.8) is 0 Å². The Morgan fingerprint density at radius 1 is 0.863 bits per heavy atom. The number of hydrogen-bond donors (Lipinski definition) is 0. The molecular formula is C41H39FN4O5. The molecule has 0 spiro atoms. The van der Waals surface area contributed by atoms with Gasteiger partial charge >= 0.3 is 5.97 Å². The van der Waals surface area contributed by atoms with E-state index in [-0.39, 0.29) is 19.8 Å². The van der Waals surface area contributed by atoms with Gasteiger partial charge in [0.05, 0.1) is 35.0 Å². The zero-order chi connectivity index (χ0) is 35.9. The molecule has 260 valence electrons. The Hall–Kier alpha value is -5.61. The van der Waals surface area contributed by atoms with Crippen LogP contribution < -0.4 is 9.47 Å². The summed E-state index contributed by atoms with van der Waals surface area (Å²) in [5.41, 5.74) is 7.70. The van der Waals surface area contributed by atoms with Crippen LogP contribution >= 0.6 is 0 Å². The first-order valence-electron chi connectivity index (χ1n) is 16.9. The van der Waals surface area contributed by atoms with E-state index in [1.165, 1.54) is 12.1 Å². The second-order valence-electron chi connectivity index (χ2n) is 13.5. The van der Waals surface area contributed by atoms with Gasteiger partial charge in [0.2, 0.25) is 0 Å². The van der Waals surface area contributed by atoms with E-state index < -0.39 is 23.5 Å². The van der Waals surface area contributed by atoms with Gasteiger partial charge in [0.15, 0.2) is 11.8 Å². The van der Waals surface area contributed by atoms with Crippen molar-refractivity contribution in [2.24, 2.45) is 0 Å². The first kappa shape index (κ1) is 33.9. The summed E-state index contributed by atoms with van der Waals surface area (Å²) in [4.78, 5) is 23.4. The molecule has 6 aromatic rings. The Balaban J connectivity index is 1.50. The number of aryl methyl sites for hydroxylation is 2. The molecular weight excluding hydrogens is 647 g/mol. The molecule has 4 heterocycles. The standard InChI is InChI=1S/C41H39FN4O5/c1-7-48-40(47)39(51-41(4,5)6)37-25(3)43-36-21-33-27-11-8-10-26(18-27)32-17-16-29(42)20-35(32)50-23-31-13-9-12-30(44-31)22-49-34-19-28(15-14-24(34)2)38(37)46(36)45-33/h8-21,39H,7,22-23H2,1-6H3/t39-/m0/s1. The van der Waals surface area contributed by atoms with Gasteiger partial charge in [0.1, 0.15) is 30.5 Å². The van der Waals surface area contributed by atoms with Crippen LogP contribution in [0.2, 0.25) is 0 Å². The van der Waals surface area contributed by atoms with Crippen LogP contribution in [-0.4, -0.2) is 37.8 Å². The maximum atomic E-state index is 14.6. The molecule has 1 atom stereocenters. The monoisotopic (exact) mass is 686 g/mol. The number of hydrogen-bond acceptors (Lipinski definition) is 8. The summed E-state index contributed by atoms with van der Waals surface area (Å²) >= 11 is 0. The number of pyridine rings is 1. The van der Waals surface area contributed by atoms with Gasteiger partial charge in [-0.15, -0.1) is 0 Å². The molecule has 0 unspecified atom stereocenters. The fraction of sp³-hybridized carbons (Fsp3) is 0.268. The summed E-state index contributed by atoms with van der Waals surface area (Å²) in [6.07, 6.45) is -1.09. The molecule has 8 bridgehead atoms. The van der Waals surface area contributed by atoms with Crippen LogP contribution in [-0.2, 0) is 27.5 Å². The van der Waals surface area contributed by atoms with Gasteiger partial charge in [-0.05, 0) is 89.1 Å². The lowest BCUT2D eigenvalue weighted by molar-refractivity contribution is -0.166. The predicted octanol–water partition coefficient (Wildman–Crippen LogP) is 8.77. The van der Waals surface area contributed by atoms with E-state index in [9.17, 15) is 9.18 Å². The van der Waals surface area contributed by atoms with Gasteiger partial charge in [-0.25, -0.2) is 18.7 Å². The van der Waals surface area contributed by atoms with Gasteiger partial charge in [0.25, 0.3) is 0 Å². The minimum Gasteiger partial charge on any atom is -0.487 e. The first-order chi connectivity index (χ1) is 24.5. The third kappa shape index (κ3) is 7.05. The minimum absolute atomic E-state index is 0.138. The number of carbonyl (C=O) groups is 1. The molecule has 0 radical (unpaired) electrons. The van der Waals surface area contributed by atoms with Crippen molar-refractivity contribution >= 4 is 11.6 Å². The lowest BCUT2D eigenvalue weighted by Crippen LogP contribution is -2.30. The highest BCUT2D eigenvalue weighted by Crippen LogP contribution is 2.39. The highest BCUT2D eigenvalue weighted by molar-refractivity contribution is 5.83. The number of rotatable bonds is 4. The average Bonchev–Trinajstić information content (AvgIpc) is 3.52. The van der Waals surface area contributed by atoms with Crippen molar-refractivity contribution < 1.29 is 28.1 Å². The molecule has 0 fully saturated rings. The topological polar surface area (TPSA) is 97.1 Å². The molecule has 3 aromatic heterocycles. The quantitative estimate of drug-likeness (QED) is 0.170. The number of fused-ring (bicyclic) bond motifs is 11. The van der Waals surface area contributed by atoms with Crippen LogP contribution in [0.1, 0.15) is 62.0 Å². The highest BCUT2D eigenvalue weighted by atomic mass is 19.1. The third-order valence-corrected chi connectivity index (χ3v) is 8.55. The zero-order valence-corrected chi connectivity index (χ0v) is 29.5. The highest BCUT2D eigenvalue weighted by Gasteiger charge is 2.34. The fourth-order valence-corrected chi connectivity index (χ4v) is 6.26. The Kier molecular flexibility index (Phi) is 9.03. The molecule has 9 nitrogen and oxygen atoms in total. The van der Waals surface area contributed by atoms with E-state index in [0.717, 1.165) is 27.8 Å². The molecule has 10 heteroatoms. The van der Waals surface area contributed by atoms with E-state index in [0.29, 0.717) is 51.2 Å². The van der Waals surface area contributed by atoms with Crippen LogP contribution in [0.5, 0.6) is 11.5 Å². The number of benzene rings is 3. The number of aromatic nitrogens is 4. The normalized spacial score (nSPS) is 13.3.